The Bertz CT molecular complexity index is 387. The number of aryl methyl sites for hydroxylation is 1. The zero-order valence-corrected chi connectivity index (χ0v) is 14.3. The molecule has 1 nitrogen and oxygen atoms in total. The number of ether oxygens (including phenoxy) is 1. The quantitative estimate of drug-likeness (QED) is 0.339. The van der Waals surface area contributed by atoms with E-state index in [9.17, 15) is 0 Å². The minimum atomic E-state index is 0.551. The molecular formula is C18H27BrO. The second kappa shape index (κ2) is 11.0. The number of halogens is 1. The van der Waals surface area contributed by atoms with Crippen LogP contribution in [0.15, 0.2) is 35.3 Å². The smallest absolute Gasteiger partial charge is 0.133 e. The number of unbranched alkanes of at least 4 members (excludes halogenated alkanes) is 6. The summed E-state index contributed by atoms with van der Waals surface area (Å²) in [5.41, 5.74) is 1.39. The number of rotatable bonds is 11. The number of hydrogen-bond donors (Lipinski definition) is 0. The predicted octanol–water partition coefficient (Wildman–Crippen LogP) is 6.31. The zero-order chi connectivity index (χ0) is 14.6. The van der Waals surface area contributed by atoms with Crippen molar-refractivity contribution in [2.24, 2.45) is 0 Å². The van der Waals surface area contributed by atoms with Gasteiger partial charge in [-0.2, -0.15) is 0 Å². The highest BCUT2D eigenvalue weighted by Crippen LogP contribution is 2.26. The predicted molar refractivity (Wildman–Crippen MR) is 91.5 cm³/mol. The van der Waals surface area contributed by atoms with Gasteiger partial charge in [-0.15, -0.1) is 0 Å². The van der Waals surface area contributed by atoms with Crippen LogP contribution >= 0.6 is 15.9 Å². The van der Waals surface area contributed by atoms with Gasteiger partial charge >= 0.3 is 0 Å². The Balaban J connectivity index is 2.23. The third-order valence-corrected chi connectivity index (χ3v) is 4.04. The van der Waals surface area contributed by atoms with Crippen LogP contribution in [0.1, 0.15) is 57.4 Å². The van der Waals surface area contributed by atoms with Crippen LogP contribution in [0.5, 0.6) is 5.75 Å². The van der Waals surface area contributed by atoms with Gasteiger partial charge in [-0.05, 0) is 46.5 Å². The minimum absolute atomic E-state index is 0.551. The van der Waals surface area contributed by atoms with E-state index in [1.807, 2.05) is 6.07 Å². The molecule has 2 heteroatoms. The summed E-state index contributed by atoms with van der Waals surface area (Å²) in [5.74, 6) is 0.896. The summed E-state index contributed by atoms with van der Waals surface area (Å²) in [6.45, 7) is 6.47. The first-order chi connectivity index (χ1) is 9.77. The summed E-state index contributed by atoms with van der Waals surface area (Å²) in [7, 11) is 0. The molecule has 1 aromatic rings. The fourth-order valence-corrected chi connectivity index (χ4v) is 2.79. The molecular weight excluding hydrogens is 312 g/mol. The lowest BCUT2D eigenvalue weighted by atomic mass is 10.0. The lowest BCUT2D eigenvalue weighted by molar-refractivity contribution is 0.361. The molecule has 0 atom stereocenters. The van der Waals surface area contributed by atoms with Gasteiger partial charge in [-0.3, -0.25) is 0 Å². The molecule has 0 saturated heterocycles. The third kappa shape index (κ3) is 7.14. The molecule has 0 amide bonds. The number of benzene rings is 1. The average Bonchev–Trinajstić information content (AvgIpc) is 2.45. The second-order valence-corrected chi connectivity index (χ2v) is 6.09. The molecule has 112 valence electrons. The fraction of sp³-hybridized carbons (Fsp3) is 0.556. The van der Waals surface area contributed by atoms with Crippen LogP contribution in [0.2, 0.25) is 0 Å². The van der Waals surface area contributed by atoms with E-state index in [2.05, 4.69) is 41.6 Å². The molecule has 1 aromatic carbocycles. The van der Waals surface area contributed by atoms with Crippen molar-refractivity contribution in [3.8, 4) is 5.75 Å². The molecule has 0 saturated carbocycles. The Hall–Kier alpha value is -0.760. The molecule has 0 aromatic heterocycles. The summed E-state index contributed by atoms with van der Waals surface area (Å²) < 4.78 is 6.60. The summed E-state index contributed by atoms with van der Waals surface area (Å²) in [5, 5.41) is 0. The molecule has 0 aliphatic carbocycles. The van der Waals surface area contributed by atoms with Crippen molar-refractivity contribution in [1.82, 2.24) is 0 Å². The van der Waals surface area contributed by atoms with Crippen molar-refractivity contribution < 1.29 is 4.74 Å². The van der Waals surface area contributed by atoms with Gasteiger partial charge < -0.3 is 4.74 Å². The van der Waals surface area contributed by atoms with Gasteiger partial charge in [0, 0.05) is 0 Å². The lowest BCUT2D eigenvalue weighted by Gasteiger charge is -2.08. The van der Waals surface area contributed by atoms with E-state index in [0.717, 1.165) is 16.6 Å². The van der Waals surface area contributed by atoms with Crippen LogP contribution in [0.4, 0.5) is 0 Å². The molecule has 0 heterocycles. The zero-order valence-electron chi connectivity index (χ0n) is 12.7. The molecule has 1 rings (SSSR count). The molecule has 0 spiro atoms. The normalized spacial score (nSPS) is 10.5. The molecule has 0 fully saturated rings. The van der Waals surface area contributed by atoms with Gasteiger partial charge in [-0.25, -0.2) is 0 Å². The third-order valence-electron chi connectivity index (χ3n) is 3.42. The molecule has 0 aliphatic heterocycles. The van der Waals surface area contributed by atoms with Crippen molar-refractivity contribution in [1.29, 1.82) is 0 Å². The fourth-order valence-electron chi connectivity index (χ4n) is 2.25. The van der Waals surface area contributed by atoms with Gasteiger partial charge in [0.15, 0.2) is 0 Å². The van der Waals surface area contributed by atoms with E-state index in [0.29, 0.717) is 6.61 Å². The topological polar surface area (TPSA) is 9.23 Å². The molecule has 0 radical (unpaired) electrons. The maximum Gasteiger partial charge on any atom is 0.133 e. The minimum Gasteiger partial charge on any atom is -0.488 e. The monoisotopic (exact) mass is 338 g/mol. The van der Waals surface area contributed by atoms with Gasteiger partial charge in [-0.1, -0.05) is 64.2 Å². The summed E-state index contributed by atoms with van der Waals surface area (Å²) in [6, 6.07) is 6.39. The van der Waals surface area contributed by atoms with Gasteiger partial charge in [0.05, 0.1) is 4.47 Å². The summed E-state index contributed by atoms with van der Waals surface area (Å²) >= 11 is 3.57. The SMILES string of the molecule is C=CCOc1ccc(CCCCCCCCC)cc1Br. The van der Waals surface area contributed by atoms with E-state index in [1.54, 1.807) is 6.08 Å². The first-order valence-electron chi connectivity index (χ1n) is 7.80. The van der Waals surface area contributed by atoms with Crippen LogP contribution < -0.4 is 4.74 Å². The Morgan fingerprint density at radius 2 is 1.80 bits per heavy atom. The number of hydrogen-bond acceptors (Lipinski definition) is 1. The van der Waals surface area contributed by atoms with Gasteiger partial charge in [0.2, 0.25) is 0 Å². The van der Waals surface area contributed by atoms with Crippen molar-refractivity contribution in [3.05, 3.63) is 40.9 Å². The van der Waals surface area contributed by atoms with Crippen LogP contribution in [-0.4, -0.2) is 6.61 Å². The largest absolute Gasteiger partial charge is 0.488 e. The second-order valence-electron chi connectivity index (χ2n) is 5.24. The van der Waals surface area contributed by atoms with Crippen LogP contribution in [0.25, 0.3) is 0 Å². The Labute approximate surface area is 132 Å². The van der Waals surface area contributed by atoms with Crippen molar-refractivity contribution in [2.75, 3.05) is 6.61 Å². The van der Waals surface area contributed by atoms with Crippen LogP contribution in [0, 0.1) is 0 Å². The molecule has 0 aliphatic rings. The average molecular weight is 339 g/mol. The highest BCUT2D eigenvalue weighted by molar-refractivity contribution is 9.10. The van der Waals surface area contributed by atoms with Crippen molar-refractivity contribution in [2.45, 2.75) is 58.3 Å². The van der Waals surface area contributed by atoms with Crippen LogP contribution in [0.3, 0.4) is 0 Å². The van der Waals surface area contributed by atoms with Gasteiger partial charge in [0.25, 0.3) is 0 Å². The van der Waals surface area contributed by atoms with Crippen molar-refractivity contribution in [3.63, 3.8) is 0 Å². The summed E-state index contributed by atoms with van der Waals surface area (Å²) in [4.78, 5) is 0. The highest BCUT2D eigenvalue weighted by Gasteiger charge is 2.02. The molecule has 0 unspecified atom stereocenters. The lowest BCUT2D eigenvalue weighted by Crippen LogP contribution is -1.94. The van der Waals surface area contributed by atoms with E-state index < -0.39 is 0 Å². The molecule has 0 bridgehead atoms. The maximum atomic E-state index is 5.56. The van der Waals surface area contributed by atoms with E-state index >= 15 is 0 Å². The molecule has 20 heavy (non-hydrogen) atoms. The maximum absolute atomic E-state index is 5.56. The Morgan fingerprint density at radius 3 is 2.45 bits per heavy atom. The first-order valence-corrected chi connectivity index (χ1v) is 8.59. The Morgan fingerprint density at radius 1 is 1.10 bits per heavy atom. The van der Waals surface area contributed by atoms with E-state index in [1.165, 1.54) is 50.5 Å². The van der Waals surface area contributed by atoms with Gasteiger partial charge in [0.1, 0.15) is 12.4 Å². The van der Waals surface area contributed by atoms with E-state index in [4.69, 9.17) is 4.74 Å². The van der Waals surface area contributed by atoms with Crippen molar-refractivity contribution >= 4 is 15.9 Å². The highest BCUT2D eigenvalue weighted by atomic mass is 79.9. The van der Waals surface area contributed by atoms with Crippen LogP contribution in [-0.2, 0) is 6.42 Å². The van der Waals surface area contributed by atoms with E-state index in [-0.39, 0.29) is 0 Å². The standard InChI is InChI=1S/C18H27BrO/c1-3-5-6-7-8-9-10-11-16-12-13-18(17(19)15-16)20-14-4-2/h4,12-13,15H,2-3,5-11,14H2,1H3. The summed E-state index contributed by atoms with van der Waals surface area (Å²) in [6.07, 6.45) is 12.4. The Kier molecular flexibility index (Phi) is 9.48. The molecule has 0 N–H and O–H groups in total. The first kappa shape index (κ1) is 17.3.